The Hall–Kier alpha value is -2.70. The molecule has 2 N–H and O–H groups in total. The van der Waals surface area contributed by atoms with Crippen molar-refractivity contribution in [3.8, 4) is 0 Å². The SMILES string of the molecule is C.C.C.C.C.CC.CC.CCNC.CCOC.CNC(C)=O.COC(C)=O.c1ccccc1.c1ccccc1. The number of methoxy groups -OCH3 is 2. The average molecular weight is 563 g/mol. The second-order valence-corrected chi connectivity index (χ2v) is 5.10. The molecule has 0 bridgehead atoms. The Bertz CT molecular complexity index is 419. The molecule has 0 atom stereocenters. The Kier molecular flexibility index (Phi) is 166. The quantitative estimate of drug-likeness (QED) is 0.356. The van der Waals surface area contributed by atoms with Crippen LogP contribution in [0.2, 0.25) is 0 Å². The summed E-state index contributed by atoms with van der Waals surface area (Å²) in [5, 5.41) is 5.32. The van der Waals surface area contributed by atoms with Crippen molar-refractivity contribution in [2.75, 3.05) is 41.5 Å². The van der Waals surface area contributed by atoms with Crippen LogP contribution in [-0.4, -0.2) is 53.3 Å². The van der Waals surface area contributed by atoms with Crippen molar-refractivity contribution >= 4 is 11.9 Å². The van der Waals surface area contributed by atoms with E-state index in [1.165, 1.54) is 21.0 Å². The first-order chi connectivity index (χ1) is 16.4. The molecule has 0 radical (unpaired) electrons. The zero-order valence-electron chi connectivity index (χ0n) is 24.0. The first-order valence-electron chi connectivity index (χ1n) is 11.7. The van der Waals surface area contributed by atoms with Crippen molar-refractivity contribution in [3.63, 3.8) is 0 Å². The number of carbonyl (C=O) groups excluding carboxylic acids is 2. The Balaban J connectivity index is -0.0000000256. The average Bonchev–Trinajstić information content (AvgIpc) is 2.94. The maximum atomic E-state index is 9.70. The summed E-state index contributed by atoms with van der Waals surface area (Å²) in [6.45, 7) is 16.8. The van der Waals surface area contributed by atoms with Gasteiger partial charge in [-0.25, -0.2) is 0 Å². The summed E-state index contributed by atoms with van der Waals surface area (Å²) in [6.07, 6.45) is 0. The van der Waals surface area contributed by atoms with Crippen molar-refractivity contribution in [3.05, 3.63) is 72.8 Å². The van der Waals surface area contributed by atoms with E-state index in [0.29, 0.717) is 0 Å². The number of amides is 1. The van der Waals surface area contributed by atoms with E-state index in [9.17, 15) is 9.59 Å². The van der Waals surface area contributed by atoms with Crippen molar-refractivity contribution in [2.24, 2.45) is 0 Å². The molecular weight excluding hydrogens is 488 g/mol. The molecule has 2 aromatic carbocycles. The predicted octanol–water partition coefficient (Wildman–Crippen LogP) is 9.42. The lowest BCUT2D eigenvalue weighted by Gasteiger charge is -1.80. The van der Waals surface area contributed by atoms with Gasteiger partial charge >= 0.3 is 5.97 Å². The minimum atomic E-state index is -0.245. The van der Waals surface area contributed by atoms with Crippen LogP contribution in [0.25, 0.3) is 0 Å². The van der Waals surface area contributed by atoms with Crippen molar-refractivity contribution in [2.45, 2.75) is 92.5 Å². The van der Waals surface area contributed by atoms with Gasteiger partial charge in [-0.1, -0.05) is 145 Å². The van der Waals surface area contributed by atoms with Gasteiger partial charge in [0.25, 0.3) is 0 Å². The molecular formula is C33H74N2O4. The third kappa shape index (κ3) is 167. The smallest absolute Gasteiger partial charge is 0.302 e. The van der Waals surface area contributed by atoms with Crippen molar-refractivity contribution in [1.82, 2.24) is 10.6 Å². The zero-order valence-corrected chi connectivity index (χ0v) is 24.0. The van der Waals surface area contributed by atoms with E-state index in [1.807, 2.05) is 114 Å². The summed E-state index contributed by atoms with van der Waals surface area (Å²) in [6, 6.07) is 24.0. The van der Waals surface area contributed by atoms with Gasteiger partial charge in [-0.2, -0.15) is 0 Å². The molecule has 0 spiro atoms. The second-order valence-electron chi connectivity index (χ2n) is 5.10. The minimum Gasteiger partial charge on any atom is -0.469 e. The van der Waals surface area contributed by atoms with Gasteiger partial charge in [0.2, 0.25) is 5.91 Å². The molecule has 0 fully saturated rings. The third-order valence-corrected chi connectivity index (χ3v) is 2.62. The largest absolute Gasteiger partial charge is 0.469 e. The van der Waals surface area contributed by atoms with Crippen LogP contribution in [0.5, 0.6) is 0 Å². The van der Waals surface area contributed by atoms with Gasteiger partial charge in [0.05, 0.1) is 7.11 Å². The van der Waals surface area contributed by atoms with Crippen molar-refractivity contribution in [1.29, 1.82) is 0 Å². The van der Waals surface area contributed by atoms with Crippen LogP contribution in [0.15, 0.2) is 72.8 Å². The van der Waals surface area contributed by atoms with Gasteiger partial charge in [0.1, 0.15) is 0 Å². The van der Waals surface area contributed by atoms with E-state index in [2.05, 4.69) is 27.0 Å². The summed E-state index contributed by atoms with van der Waals surface area (Å²) in [5.74, 6) is -0.241. The van der Waals surface area contributed by atoms with Gasteiger partial charge < -0.3 is 20.1 Å². The first-order valence-corrected chi connectivity index (χ1v) is 11.7. The molecule has 0 aromatic heterocycles. The van der Waals surface area contributed by atoms with Crippen LogP contribution in [0.3, 0.4) is 0 Å². The number of nitrogens with one attached hydrogen (secondary N) is 2. The minimum absolute atomic E-state index is 0. The molecule has 240 valence electrons. The number of hydrogen-bond donors (Lipinski definition) is 2. The van der Waals surface area contributed by atoms with Crippen LogP contribution in [0, 0.1) is 0 Å². The summed E-state index contributed by atoms with van der Waals surface area (Å²) in [5.41, 5.74) is 0. The molecule has 39 heavy (non-hydrogen) atoms. The zero-order chi connectivity index (χ0) is 27.9. The van der Waals surface area contributed by atoms with Gasteiger partial charge in [-0.3, -0.25) is 9.59 Å². The highest BCUT2D eigenvalue weighted by molar-refractivity contribution is 5.72. The predicted molar refractivity (Wildman–Crippen MR) is 184 cm³/mol. The molecule has 0 saturated heterocycles. The molecule has 0 aliphatic carbocycles. The van der Waals surface area contributed by atoms with Crippen LogP contribution in [-0.2, 0) is 19.1 Å². The number of hydrogen-bond acceptors (Lipinski definition) is 5. The molecule has 1 amide bonds. The highest BCUT2D eigenvalue weighted by Crippen LogP contribution is 1.80. The highest BCUT2D eigenvalue weighted by atomic mass is 16.5. The lowest BCUT2D eigenvalue weighted by molar-refractivity contribution is -0.137. The molecule has 6 heteroatoms. The Labute approximate surface area is 248 Å². The fourth-order valence-electron chi connectivity index (χ4n) is 0.770. The maximum absolute atomic E-state index is 9.70. The van der Waals surface area contributed by atoms with Crippen LogP contribution >= 0.6 is 0 Å². The number of benzene rings is 2. The van der Waals surface area contributed by atoms with E-state index in [4.69, 9.17) is 0 Å². The molecule has 0 aliphatic heterocycles. The monoisotopic (exact) mass is 563 g/mol. The Morgan fingerprint density at radius 3 is 0.744 bits per heavy atom. The lowest BCUT2D eigenvalue weighted by atomic mass is 10.4. The van der Waals surface area contributed by atoms with Gasteiger partial charge in [-0.15, -0.1) is 0 Å². The molecule has 2 rings (SSSR count). The van der Waals surface area contributed by atoms with Gasteiger partial charge in [-0.05, 0) is 20.5 Å². The summed E-state index contributed by atoms with van der Waals surface area (Å²) in [4.78, 5) is 19.3. The highest BCUT2D eigenvalue weighted by Gasteiger charge is 1.75. The van der Waals surface area contributed by atoms with Crippen LogP contribution in [0.4, 0.5) is 0 Å². The summed E-state index contributed by atoms with van der Waals surface area (Å²) in [7, 11) is 6.56. The summed E-state index contributed by atoms with van der Waals surface area (Å²) < 4.78 is 8.65. The van der Waals surface area contributed by atoms with E-state index >= 15 is 0 Å². The molecule has 6 nitrogen and oxygen atoms in total. The fourth-order valence-corrected chi connectivity index (χ4v) is 0.770. The molecule has 0 aliphatic rings. The maximum Gasteiger partial charge on any atom is 0.302 e. The Morgan fingerprint density at radius 1 is 0.590 bits per heavy atom. The number of rotatable bonds is 2. The van der Waals surface area contributed by atoms with E-state index in [1.54, 1.807) is 14.2 Å². The van der Waals surface area contributed by atoms with Crippen LogP contribution < -0.4 is 10.6 Å². The normalized spacial score (nSPS) is 6.05. The number of ether oxygens (including phenoxy) is 2. The standard InChI is InChI=1S/2C6H6.C3H7NO.C3H9N.C3H6O2.C3H8O.2C2H6.5CH4/c2*1-2-4-6-5-3-1;1-3(5)4-2;1-3-4-2;1-3(4)5-2;1-3-4-2;2*1-2;;;;;/h2*1-6H;1-2H3,(H,4,5);4H,3H2,1-2H3;1-2H3;3H2,1-2H3;2*1-2H3;5*1H4. The number of carbonyl (C=O) groups is 2. The molecule has 0 unspecified atom stereocenters. The molecule has 0 heterocycles. The van der Waals surface area contributed by atoms with E-state index < -0.39 is 0 Å². The Morgan fingerprint density at radius 2 is 0.718 bits per heavy atom. The first kappa shape index (κ1) is 70.7. The topological polar surface area (TPSA) is 76.7 Å². The molecule has 2 aromatic rings. The second kappa shape index (κ2) is 91.5. The lowest BCUT2D eigenvalue weighted by Crippen LogP contribution is -2.11. The summed E-state index contributed by atoms with van der Waals surface area (Å²) >= 11 is 0. The fraction of sp³-hybridized carbons (Fsp3) is 0.576. The van der Waals surface area contributed by atoms with Crippen LogP contribution in [0.1, 0.15) is 92.5 Å². The molecule has 0 saturated carbocycles. The van der Waals surface area contributed by atoms with Crippen molar-refractivity contribution < 1.29 is 19.1 Å². The van der Waals surface area contributed by atoms with E-state index in [-0.39, 0.29) is 49.0 Å². The van der Waals surface area contributed by atoms with Gasteiger partial charge in [0.15, 0.2) is 0 Å². The van der Waals surface area contributed by atoms with E-state index in [0.717, 1.165) is 13.2 Å². The third-order valence-electron chi connectivity index (χ3n) is 2.62. The van der Waals surface area contributed by atoms with Gasteiger partial charge in [0, 0.05) is 34.6 Å². The number of esters is 1.